The molecule has 0 aliphatic carbocycles. The minimum absolute atomic E-state index is 0.0900. The highest BCUT2D eigenvalue weighted by Crippen LogP contribution is 2.19. The fourth-order valence-corrected chi connectivity index (χ4v) is 2.06. The number of rotatable bonds is 1. The molecule has 0 aliphatic heterocycles. The lowest BCUT2D eigenvalue weighted by molar-refractivity contribution is -0.384. The molecule has 3 aromatic rings. The molecule has 2 aromatic carbocycles. The molecular formula is C14H8N2O3. The van der Waals surface area contributed by atoms with E-state index in [9.17, 15) is 14.9 Å². The summed E-state index contributed by atoms with van der Waals surface area (Å²) in [5.41, 5.74) is 0.242. The molecule has 92 valence electrons. The van der Waals surface area contributed by atoms with Gasteiger partial charge in [0.25, 0.3) is 5.69 Å². The van der Waals surface area contributed by atoms with Gasteiger partial charge in [0.2, 0.25) is 0 Å². The molecule has 5 heteroatoms. The fraction of sp³-hybridized carbons (Fsp3) is 0. The van der Waals surface area contributed by atoms with Crippen molar-refractivity contribution >= 4 is 27.4 Å². The van der Waals surface area contributed by atoms with Crippen LogP contribution < -0.4 is 5.43 Å². The van der Waals surface area contributed by atoms with Gasteiger partial charge in [-0.2, -0.15) is 0 Å². The van der Waals surface area contributed by atoms with Crippen LogP contribution in [0.1, 0.15) is 0 Å². The zero-order chi connectivity index (χ0) is 13.4. The number of hydrogen-bond acceptors (Lipinski definition) is 4. The van der Waals surface area contributed by atoms with Crippen molar-refractivity contribution < 1.29 is 4.92 Å². The van der Waals surface area contributed by atoms with Crippen molar-refractivity contribution in [3.05, 3.63) is 69.0 Å². The molecule has 1 heterocycles. The Morgan fingerprint density at radius 3 is 2.63 bits per heavy atom. The quantitative estimate of drug-likeness (QED) is 0.493. The van der Waals surface area contributed by atoms with Gasteiger partial charge in [-0.05, 0) is 29.7 Å². The number of non-ortho nitro benzene ring substituents is 1. The van der Waals surface area contributed by atoms with Gasteiger partial charge < -0.3 is 0 Å². The fourth-order valence-electron chi connectivity index (χ4n) is 2.06. The summed E-state index contributed by atoms with van der Waals surface area (Å²) in [4.78, 5) is 26.8. The van der Waals surface area contributed by atoms with Crippen LogP contribution in [0.3, 0.4) is 0 Å². The van der Waals surface area contributed by atoms with E-state index >= 15 is 0 Å². The van der Waals surface area contributed by atoms with Crippen LogP contribution in [-0.2, 0) is 0 Å². The normalized spacial score (nSPS) is 10.7. The van der Waals surface area contributed by atoms with Crippen molar-refractivity contribution in [2.45, 2.75) is 0 Å². The third-order valence-electron chi connectivity index (χ3n) is 3.00. The first-order valence-corrected chi connectivity index (χ1v) is 5.63. The molecular weight excluding hydrogens is 244 g/mol. The summed E-state index contributed by atoms with van der Waals surface area (Å²) in [6, 6.07) is 11.1. The molecule has 0 unspecified atom stereocenters. The molecule has 0 spiro atoms. The van der Waals surface area contributed by atoms with E-state index in [2.05, 4.69) is 4.98 Å². The Morgan fingerprint density at radius 2 is 1.84 bits per heavy atom. The standard InChI is InChI=1S/C14H8N2O3/c17-14-11-2-1-7-15-13(11)6-4-9-3-5-10(16(18)19)8-12(9)14/h1-8H. The second-order valence-corrected chi connectivity index (χ2v) is 4.13. The van der Waals surface area contributed by atoms with Crippen LogP contribution in [0.4, 0.5) is 5.69 Å². The molecule has 0 aliphatic rings. The molecule has 3 rings (SSSR count). The summed E-state index contributed by atoms with van der Waals surface area (Å²) in [5, 5.41) is 12.2. The highest BCUT2D eigenvalue weighted by atomic mass is 16.6. The van der Waals surface area contributed by atoms with Crippen LogP contribution in [0.25, 0.3) is 21.7 Å². The van der Waals surface area contributed by atoms with Crippen LogP contribution in [0, 0.1) is 10.1 Å². The second-order valence-electron chi connectivity index (χ2n) is 4.13. The predicted octanol–water partition coefficient (Wildman–Crippen LogP) is 2.66. The molecule has 0 radical (unpaired) electrons. The molecule has 5 nitrogen and oxygen atoms in total. The van der Waals surface area contributed by atoms with Gasteiger partial charge in [-0.1, -0.05) is 6.07 Å². The minimum Gasteiger partial charge on any atom is -0.289 e. The van der Waals surface area contributed by atoms with E-state index in [1.807, 2.05) is 0 Å². The molecule has 0 bridgehead atoms. The van der Waals surface area contributed by atoms with E-state index in [1.165, 1.54) is 12.1 Å². The van der Waals surface area contributed by atoms with Gasteiger partial charge >= 0.3 is 0 Å². The Kier molecular flexibility index (Phi) is 2.45. The summed E-state index contributed by atoms with van der Waals surface area (Å²) in [6.07, 6.45) is 1.61. The Balaban J connectivity index is 2.54. The highest BCUT2D eigenvalue weighted by molar-refractivity contribution is 5.92. The van der Waals surface area contributed by atoms with Crippen molar-refractivity contribution in [2.24, 2.45) is 0 Å². The molecule has 1 aromatic heterocycles. The molecule has 0 atom stereocenters. The van der Waals surface area contributed by atoms with Crippen molar-refractivity contribution in [3.63, 3.8) is 0 Å². The Hall–Kier alpha value is -2.82. The molecule has 0 saturated carbocycles. The maximum Gasteiger partial charge on any atom is 0.270 e. The number of hydrogen-bond donors (Lipinski definition) is 0. The van der Waals surface area contributed by atoms with E-state index in [1.54, 1.807) is 36.5 Å². The molecule has 0 fully saturated rings. The Morgan fingerprint density at radius 1 is 1.05 bits per heavy atom. The summed E-state index contributed by atoms with van der Waals surface area (Å²) in [5.74, 6) is 0. The monoisotopic (exact) mass is 252 g/mol. The summed E-state index contributed by atoms with van der Waals surface area (Å²) >= 11 is 0. The van der Waals surface area contributed by atoms with E-state index in [4.69, 9.17) is 0 Å². The number of pyridine rings is 1. The number of nitro benzene ring substituents is 1. The first-order valence-electron chi connectivity index (χ1n) is 5.63. The predicted molar refractivity (Wildman–Crippen MR) is 72.2 cm³/mol. The SMILES string of the molecule is O=c1c2cc([N+](=O)[O-])ccc2ccc2ncccc12. The van der Waals surface area contributed by atoms with E-state index < -0.39 is 4.92 Å². The van der Waals surface area contributed by atoms with Crippen LogP contribution in [0.15, 0.2) is 53.5 Å². The van der Waals surface area contributed by atoms with Gasteiger partial charge in [0.15, 0.2) is 5.43 Å². The van der Waals surface area contributed by atoms with Crippen molar-refractivity contribution in [1.82, 2.24) is 4.98 Å². The third kappa shape index (κ3) is 1.81. The topological polar surface area (TPSA) is 73.1 Å². The number of nitrogens with zero attached hydrogens (tertiary/aromatic N) is 2. The van der Waals surface area contributed by atoms with Gasteiger partial charge in [0, 0.05) is 29.1 Å². The zero-order valence-corrected chi connectivity index (χ0v) is 9.74. The van der Waals surface area contributed by atoms with E-state index in [-0.39, 0.29) is 11.1 Å². The molecule has 0 N–H and O–H groups in total. The van der Waals surface area contributed by atoms with Crippen LogP contribution in [-0.4, -0.2) is 9.91 Å². The van der Waals surface area contributed by atoms with E-state index in [0.29, 0.717) is 21.7 Å². The van der Waals surface area contributed by atoms with Gasteiger partial charge in [0.05, 0.1) is 10.4 Å². The van der Waals surface area contributed by atoms with E-state index in [0.717, 1.165) is 0 Å². The maximum absolute atomic E-state index is 12.4. The smallest absolute Gasteiger partial charge is 0.270 e. The van der Waals surface area contributed by atoms with Gasteiger partial charge in [0.1, 0.15) is 0 Å². The van der Waals surface area contributed by atoms with Crippen molar-refractivity contribution in [1.29, 1.82) is 0 Å². The summed E-state index contributed by atoms with van der Waals surface area (Å²) in [7, 11) is 0. The number of nitro groups is 1. The lowest BCUT2D eigenvalue weighted by Crippen LogP contribution is -1.99. The van der Waals surface area contributed by atoms with Crippen LogP contribution >= 0.6 is 0 Å². The second kappa shape index (κ2) is 4.13. The van der Waals surface area contributed by atoms with Crippen molar-refractivity contribution in [2.75, 3.05) is 0 Å². The maximum atomic E-state index is 12.4. The third-order valence-corrected chi connectivity index (χ3v) is 3.00. The average Bonchev–Trinajstić information content (AvgIpc) is 2.57. The summed E-state index contributed by atoms with van der Waals surface area (Å²) < 4.78 is 0. The van der Waals surface area contributed by atoms with Gasteiger partial charge in [-0.3, -0.25) is 19.9 Å². The Bertz CT molecular complexity index is 875. The lowest BCUT2D eigenvalue weighted by atomic mass is 10.1. The Labute approximate surface area is 107 Å². The molecule has 19 heavy (non-hydrogen) atoms. The summed E-state index contributed by atoms with van der Waals surface area (Å²) in [6.45, 7) is 0. The molecule has 0 saturated heterocycles. The number of fused-ring (bicyclic) bond motifs is 2. The minimum atomic E-state index is -0.508. The first-order chi connectivity index (χ1) is 9.16. The van der Waals surface area contributed by atoms with Gasteiger partial charge in [-0.25, -0.2) is 0 Å². The average molecular weight is 252 g/mol. The van der Waals surface area contributed by atoms with Crippen molar-refractivity contribution in [3.8, 4) is 0 Å². The van der Waals surface area contributed by atoms with Crippen LogP contribution in [0.2, 0.25) is 0 Å². The molecule has 0 amide bonds. The lowest BCUT2D eigenvalue weighted by Gasteiger charge is -1.93. The largest absolute Gasteiger partial charge is 0.289 e. The van der Waals surface area contributed by atoms with Crippen LogP contribution in [0.5, 0.6) is 0 Å². The highest BCUT2D eigenvalue weighted by Gasteiger charge is 2.09. The van der Waals surface area contributed by atoms with Gasteiger partial charge in [-0.15, -0.1) is 0 Å². The number of aromatic nitrogens is 1. The number of benzene rings is 1. The zero-order valence-electron chi connectivity index (χ0n) is 9.74. The first kappa shape index (κ1) is 11.3.